The quantitative estimate of drug-likeness (QED) is 0.584. The lowest BCUT2D eigenvalue weighted by atomic mass is 10.0. The van der Waals surface area contributed by atoms with E-state index < -0.39 is 18.3 Å². The summed E-state index contributed by atoms with van der Waals surface area (Å²) >= 11 is 0. The number of rotatable bonds is 3. The Balaban J connectivity index is 2.13. The van der Waals surface area contributed by atoms with Crippen molar-refractivity contribution >= 4 is 0 Å². The highest BCUT2D eigenvalue weighted by Crippen LogP contribution is 2.31. The molecule has 0 aromatic carbocycles. The molecule has 0 aromatic rings. The van der Waals surface area contributed by atoms with E-state index in [0.29, 0.717) is 6.42 Å². The molecule has 0 spiro atoms. The van der Waals surface area contributed by atoms with Crippen LogP contribution >= 0.6 is 0 Å². The summed E-state index contributed by atoms with van der Waals surface area (Å²) < 4.78 is 11.6. The van der Waals surface area contributed by atoms with Crippen LogP contribution in [0.1, 0.15) is 19.8 Å². The maximum Gasteiger partial charge on any atom is 0.114 e. The summed E-state index contributed by atoms with van der Waals surface area (Å²) in [6, 6.07) is 0. The topological polar surface area (TPSA) is 58.9 Å². The second-order valence-corrected chi connectivity index (χ2v) is 4.89. The van der Waals surface area contributed by atoms with Crippen molar-refractivity contribution in [3.63, 3.8) is 0 Å². The van der Waals surface area contributed by atoms with Crippen molar-refractivity contribution in [1.82, 2.24) is 0 Å². The minimum atomic E-state index is -0.825. The molecule has 2 unspecified atom stereocenters. The first kappa shape index (κ1) is 14.3. The van der Waals surface area contributed by atoms with E-state index in [0.717, 1.165) is 6.42 Å². The highest BCUT2D eigenvalue weighted by Gasteiger charge is 2.43. The summed E-state index contributed by atoms with van der Waals surface area (Å²) in [5.74, 6) is 2.34. The minimum absolute atomic E-state index is 0.0615. The largest absolute Gasteiger partial charge is 0.386 e. The molecular weight excluding hydrogens is 244 g/mol. The number of allylic oxidation sites excluding steroid dienone is 1. The van der Waals surface area contributed by atoms with Crippen LogP contribution in [0.4, 0.5) is 0 Å². The van der Waals surface area contributed by atoms with Gasteiger partial charge in [0.15, 0.2) is 0 Å². The second kappa shape index (κ2) is 6.36. The lowest BCUT2D eigenvalue weighted by Crippen LogP contribution is -2.36. The van der Waals surface area contributed by atoms with Crippen molar-refractivity contribution in [2.45, 2.75) is 56.4 Å². The number of ether oxygens (including phenoxy) is 2. The van der Waals surface area contributed by atoms with Gasteiger partial charge in [0.25, 0.3) is 0 Å². The molecule has 6 atom stereocenters. The summed E-state index contributed by atoms with van der Waals surface area (Å²) in [5, 5.41) is 20.1. The number of aliphatic hydroxyl groups is 2. The van der Waals surface area contributed by atoms with E-state index in [9.17, 15) is 10.2 Å². The predicted octanol–water partition coefficient (Wildman–Crippen LogP) is 0.789. The Hall–Kier alpha value is -1.12. The van der Waals surface area contributed by atoms with Crippen LogP contribution in [0.5, 0.6) is 0 Å². The molecular formula is C15H20O4. The van der Waals surface area contributed by atoms with Gasteiger partial charge < -0.3 is 19.7 Å². The second-order valence-electron chi connectivity index (χ2n) is 4.89. The van der Waals surface area contributed by atoms with Crippen LogP contribution in [0, 0.1) is 12.3 Å². The third-order valence-corrected chi connectivity index (χ3v) is 3.55. The van der Waals surface area contributed by atoms with Gasteiger partial charge in [-0.1, -0.05) is 25.0 Å². The van der Waals surface area contributed by atoms with E-state index in [1.165, 1.54) is 12.2 Å². The van der Waals surface area contributed by atoms with Crippen LogP contribution in [0.2, 0.25) is 0 Å². The Morgan fingerprint density at radius 3 is 2.89 bits per heavy atom. The molecule has 0 amide bonds. The van der Waals surface area contributed by atoms with Gasteiger partial charge in [0.05, 0.1) is 24.4 Å². The van der Waals surface area contributed by atoms with E-state index in [4.69, 9.17) is 15.9 Å². The van der Waals surface area contributed by atoms with Gasteiger partial charge in [0, 0.05) is 6.42 Å². The molecule has 19 heavy (non-hydrogen) atoms. The number of hydrogen-bond donors (Lipinski definition) is 2. The van der Waals surface area contributed by atoms with Crippen LogP contribution in [0.15, 0.2) is 24.3 Å². The standard InChI is InChI=1S/C15H20O4/c1-3-5-6-12(17)15-14-9-13(19-15)11(16)8-7-10(4-2)18-14/h1,5-8,10-17H,4,9H2,2H3/b6-5+,8-7-/t10-,11-,12?,13-,14-,15?/m1/s1. The molecule has 2 aliphatic rings. The summed E-state index contributed by atoms with van der Waals surface area (Å²) in [6.07, 6.45) is 10.5. The van der Waals surface area contributed by atoms with Crippen LogP contribution in [-0.2, 0) is 9.47 Å². The van der Waals surface area contributed by atoms with Crippen molar-refractivity contribution in [3.8, 4) is 12.3 Å². The van der Waals surface area contributed by atoms with Gasteiger partial charge in [-0.15, -0.1) is 6.42 Å². The maximum absolute atomic E-state index is 10.1. The molecule has 0 aromatic heterocycles. The molecule has 1 saturated heterocycles. The van der Waals surface area contributed by atoms with E-state index in [2.05, 4.69) is 5.92 Å². The fourth-order valence-electron chi connectivity index (χ4n) is 2.49. The number of fused-ring (bicyclic) bond motifs is 2. The maximum atomic E-state index is 10.1. The molecule has 2 rings (SSSR count). The van der Waals surface area contributed by atoms with Gasteiger partial charge >= 0.3 is 0 Å². The fraction of sp³-hybridized carbons (Fsp3) is 0.600. The Morgan fingerprint density at radius 1 is 1.42 bits per heavy atom. The zero-order chi connectivity index (χ0) is 13.8. The molecule has 1 fully saturated rings. The molecule has 2 bridgehead atoms. The highest BCUT2D eigenvalue weighted by atomic mass is 16.6. The van der Waals surface area contributed by atoms with E-state index >= 15 is 0 Å². The van der Waals surface area contributed by atoms with Crippen molar-refractivity contribution < 1.29 is 19.7 Å². The zero-order valence-corrected chi connectivity index (χ0v) is 11.0. The molecule has 2 N–H and O–H groups in total. The average molecular weight is 264 g/mol. The predicted molar refractivity (Wildman–Crippen MR) is 71.4 cm³/mol. The molecule has 0 saturated carbocycles. The fourth-order valence-corrected chi connectivity index (χ4v) is 2.49. The molecule has 0 radical (unpaired) electrons. The number of aliphatic hydroxyl groups excluding tert-OH is 2. The smallest absolute Gasteiger partial charge is 0.114 e. The van der Waals surface area contributed by atoms with Crippen LogP contribution < -0.4 is 0 Å². The summed E-state index contributed by atoms with van der Waals surface area (Å²) in [5.41, 5.74) is 0. The van der Waals surface area contributed by atoms with Crippen LogP contribution in [0.3, 0.4) is 0 Å². The summed E-state index contributed by atoms with van der Waals surface area (Å²) in [4.78, 5) is 0. The average Bonchev–Trinajstić information content (AvgIpc) is 2.84. The summed E-state index contributed by atoms with van der Waals surface area (Å²) in [6.45, 7) is 2.01. The SMILES string of the molecule is C#C/C=C/C(O)C1O[C@@H]2C[C@H]1O[C@H](CC)/C=C\[C@H]2O. The Morgan fingerprint density at radius 2 is 2.21 bits per heavy atom. The number of hydrogen-bond acceptors (Lipinski definition) is 4. The van der Waals surface area contributed by atoms with Crippen molar-refractivity contribution in [3.05, 3.63) is 24.3 Å². The lowest BCUT2D eigenvalue weighted by molar-refractivity contribution is -0.0886. The van der Waals surface area contributed by atoms with Gasteiger partial charge in [0.1, 0.15) is 12.2 Å². The third kappa shape index (κ3) is 3.26. The first-order valence-corrected chi connectivity index (χ1v) is 6.64. The highest BCUT2D eigenvalue weighted by molar-refractivity contribution is 5.13. The lowest BCUT2D eigenvalue weighted by Gasteiger charge is -2.25. The molecule has 4 heteroatoms. The van der Waals surface area contributed by atoms with E-state index in [-0.39, 0.29) is 18.3 Å². The Kier molecular flexibility index (Phi) is 4.78. The zero-order valence-electron chi connectivity index (χ0n) is 11.0. The third-order valence-electron chi connectivity index (χ3n) is 3.55. The van der Waals surface area contributed by atoms with Crippen molar-refractivity contribution in [1.29, 1.82) is 0 Å². The van der Waals surface area contributed by atoms with Crippen molar-refractivity contribution in [2.75, 3.05) is 0 Å². The molecule has 0 aliphatic carbocycles. The Bertz CT molecular complexity index is 395. The van der Waals surface area contributed by atoms with Gasteiger partial charge in [-0.05, 0) is 18.6 Å². The number of terminal acetylenes is 1. The molecule has 104 valence electrons. The van der Waals surface area contributed by atoms with Crippen molar-refractivity contribution in [2.24, 2.45) is 0 Å². The van der Waals surface area contributed by atoms with Gasteiger partial charge in [0.2, 0.25) is 0 Å². The van der Waals surface area contributed by atoms with Gasteiger partial charge in [-0.3, -0.25) is 0 Å². The Labute approximate surface area is 113 Å². The monoisotopic (exact) mass is 264 g/mol. The molecule has 2 heterocycles. The van der Waals surface area contributed by atoms with E-state index in [1.54, 1.807) is 6.08 Å². The van der Waals surface area contributed by atoms with Gasteiger partial charge in [-0.2, -0.15) is 0 Å². The van der Waals surface area contributed by atoms with E-state index in [1.807, 2.05) is 13.0 Å². The van der Waals surface area contributed by atoms with Crippen LogP contribution in [0.25, 0.3) is 0 Å². The van der Waals surface area contributed by atoms with Crippen LogP contribution in [-0.4, -0.2) is 46.8 Å². The molecule has 4 nitrogen and oxygen atoms in total. The first-order valence-electron chi connectivity index (χ1n) is 6.64. The first-order chi connectivity index (χ1) is 9.15. The normalized spacial score (nSPS) is 41.5. The summed E-state index contributed by atoms with van der Waals surface area (Å²) in [7, 11) is 0. The minimum Gasteiger partial charge on any atom is -0.386 e. The molecule has 2 aliphatic heterocycles. The van der Waals surface area contributed by atoms with Gasteiger partial charge in [-0.25, -0.2) is 0 Å².